The summed E-state index contributed by atoms with van der Waals surface area (Å²) in [5.74, 6) is 1.19. The summed E-state index contributed by atoms with van der Waals surface area (Å²) in [7, 11) is 0. The molecule has 106 valence electrons. The van der Waals surface area contributed by atoms with Crippen molar-refractivity contribution in [3.8, 4) is 0 Å². The Balaban J connectivity index is 3.65. The molecule has 0 bridgehead atoms. The Morgan fingerprint density at radius 2 is 1.83 bits per heavy atom. The largest absolute Gasteiger partial charge is 0.370 e. The van der Waals surface area contributed by atoms with Gasteiger partial charge in [-0.2, -0.15) is 12.6 Å². The number of carbonyl (C=O) groups is 1. The lowest BCUT2D eigenvalue weighted by molar-refractivity contribution is -0.124. The fraction of sp³-hybridized carbons (Fsp3) is 0.833. The zero-order valence-electron chi connectivity index (χ0n) is 11.3. The molecule has 0 aromatic heterocycles. The maximum absolute atomic E-state index is 11.8. The molecule has 0 aromatic carbocycles. The van der Waals surface area contributed by atoms with Gasteiger partial charge in [0, 0.05) is 24.8 Å². The van der Waals surface area contributed by atoms with E-state index in [9.17, 15) is 4.79 Å². The molecule has 0 aromatic rings. The molecule has 0 radical (unpaired) electrons. The highest BCUT2D eigenvalue weighted by atomic mass is 32.1. The lowest BCUT2D eigenvalue weighted by atomic mass is 9.98. The zero-order chi connectivity index (χ0) is 14.0. The number of guanidine groups is 1. The number of amides is 1. The van der Waals surface area contributed by atoms with Crippen molar-refractivity contribution in [1.29, 1.82) is 5.41 Å². The molecule has 0 aliphatic carbocycles. The van der Waals surface area contributed by atoms with E-state index in [2.05, 4.69) is 37.1 Å². The Labute approximate surface area is 115 Å². The second-order valence-corrected chi connectivity index (χ2v) is 5.21. The molecule has 0 aliphatic heterocycles. The summed E-state index contributed by atoms with van der Waals surface area (Å²) in [5, 5.41) is 12.6. The van der Waals surface area contributed by atoms with Crippen molar-refractivity contribution in [1.82, 2.24) is 10.6 Å². The molecule has 0 fully saturated rings. The predicted octanol–water partition coefficient (Wildman–Crippen LogP) is 0.958. The van der Waals surface area contributed by atoms with E-state index in [0.717, 1.165) is 19.3 Å². The van der Waals surface area contributed by atoms with Crippen LogP contribution in [0.2, 0.25) is 0 Å². The van der Waals surface area contributed by atoms with Crippen LogP contribution in [0.5, 0.6) is 0 Å². The van der Waals surface area contributed by atoms with Crippen LogP contribution in [0, 0.1) is 17.2 Å². The van der Waals surface area contributed by atoms with Crippen LogP contribution in [0.4, 0.5) is 0 Å². The summed E-state index contributed by atoms with van der Waals surface area (Å²) >= 11 is 4.22. The highest BCUT2D eigenvalue weighted by Gasteiger charge is 2.17. The number of rotatable bonds is 9. The van der Waals surface area contributed by atoms with Crippen molar-refractivity contribution in [3.05, 3.63) is 0 Å². The normalized spacial score (nSPS) is 12.2. The van der Waals surface area contributed by atoms with Crippen molar-refractivity contribution in [2.24, 2.45) is 17.6 Å². The quantitative estimate of drug-likeness (QED) is 0.188. The Hall–Kier alpha value is -0.910. The Morgan fingerprint density at radius 3 is 2.28 bits per heavy atom. The highest BCUT2D eigenvalue weighted by Crippen LogP contribution is 2.13. The molecule has 0 heterocycles. The van der Waals surface area contributed by atoms with Crippen LogP contribution >= 0.6 is 12.6 Å². The third-order valence-electron chi connectivity index (χ3n) is 2.57. The van der Waals surface area contributed by atoms with Crippen LogP contribution < -0.4 is 16.4 Å². The third-order valence-corrected chi connectivity index (χ3v) is 3.01. The fourth-order valence-electron chi connectivity index (χ4n) is 1.66. The fourth-order valence-corrected chi connectivity index (χ4v) is 1.98. The van der Waals surface area contributed by atoms with Gasteiger partial charge in [-0.3, -0.25) is 10.2 Å². The van der Waals surface area contributed by atoms with Crippen LogP contribution in [0.15, 0.2) is 0 Å². The van der Waals surface area contributed by atoms with Gasteiger partial charge in [0.15, 0.2) is 5.96 Å². The van der Waals surface area contributed by atoms with Crippen molar-refractivity contribution >= 4 is 24.5 Å². The molecule has 18 heavy (non-hydrogen) atoms. The molecule has 0 saturated carbocycles. The monoisotopic (exact) mass is 274 g/mol. The second-order valence-electron chi connectivity index (χ2n) is 4.85. The van der Waals surface area contributed by atoms with Crippen LogP contribution in [0.1, 0.15) is 33.1 Å². The minimum Gasteiger partial charge on any atom is -0.370 e. The van der Waals surface area contributed by atoms with Gasteiger partial charge in [-0.05, 0) is 25.2 Å². The van der Waals surface area contributed by atoms with Crippen LogP contribution in [-0.4, -0.2) is 30.7 Å². The molecule has 0 saturated heterocycles. The SMILES string of the molecule is CC(C)CC(CS)C(=O)NCCCCNC(=N)N. The van der Waals surface area contributed by atoms with Crippen LogP contribution in [-0.2, 0) is 4.79 Å². The highest BCUT2D eigenvalue weighted by molar-refractivity contribution is 7.80. The first kappa shape index (κ1) is 17.1. The van der Waals surface area contributed by atoms with Gasteiger partial charge in [-0.1, -0.05) is 13.8 Å². The average Bonchev–Trinajstić information content (AvgIpc) is 2.29. The first-order valence-corrected chi connectivity index (χ1v) is 7.07. The Kier molecular flexibility index (Phi) is 9.55. The summed E-state index contributed by atoms with van der Waals surface area (Å²) in [6.07, 6.45) is 2.64. The maximum atomic E-state index is 11.8. The Morgan fingerprint density at radius 1 is 1.28 bits per heavy atom. The predicted molar refractivity (Wildman–Crippen MR) is 79.0 cm³/mol. The molecule has 0 rings (SSSR count). The van der Waals surface area contributed by atoms with E-state index in [0.29, 0.717) is 24.8 Å². The van der Waals surface area contributed by atoms with E-state index in [4.69, 9.17) is 11.1 Å². The van der Waals surface area contributed by atoms with E-state index >= 15 is 0 Å². The number of hydrogen-bond acceptors (Lipinski definition) is 3. The van der Waals surface area contributed by atoms with Gasteiger partial charge in [0.25, 0.3) is 0 Å². The number of unbranched alkanes of at least 4 members (excludes halogenated alkanes) is 1. The molecule has 5 N–H and O–H groups in total. The second kappa shape index (κ2) is 10.1. The summed E-state index contributed by atoms with van der Waals surface area (Å²) in [6.45, 7) is 5.56. The average molecular weight is 274 g/mol. The molecule has 1 atom stereocenters. The zero-order valence-corrected chi connectivity index (χ0v) is 12.2. The van der Waals surface area contributed by atoms with Crippen LogP contribution in [0.3, 0.4) is 0 Å². The molecule has 1 amide bonds. The standard InChI is InChI=1S/C12H26N4OS/c1-9(2)7-10(8-18)11(17)15-5-3-4-6-16-12(13)14/h9-10,18H,3-8H2,1-2H3,(H,15,17)(H4,13,14,16). The summed E-state index contributed by atoms with van der Waals surface area (Å²) in [4.78, 5) is 11.8. The number of nitrogens with one attached hydrogen (secondary N) is 3. The van der Waals surface area contributed by atoms with Gasteiger partial charge in [-0.25, -0.2) is 0 Å². The minimum absolute atomic E-state index is 0.00341. The molecule has 0 spiro atoms. The number of thiol groups is 1. The van der Waals surface area contributed by atoms with Gasteiger partial charge < -0.3 is 16.4 Å². The molecule has 0 aliphatic rings. The first-order valence-electron chi connectivity index (χ1n) is 6.43. The third kappa shape index (κ3) is 9.15. The van der Waals surface area contributed by atoms with E-state index in [1.807, 2.05) is 0 Å². The minimum atomic E-state index is -0.00823. The summed E-state index contributed by atoms with van der Waals surface area (Å²) < 4.78 is 0. The lowest BCUT2D eigenvalue weighted by Crippen LogP contribution is -2.34. The Bertz CT molecular complexity index is 258. The van der Waals surface area contributed by atoms with Crippen molar-refractivity contribution in [2.45, 2.75) is 33.1 Å². The summed E-state index contributed by atoms with van der Waals surface area (Å²) in [5.41, 5.74) is 5.15. The van der Waals surface area contributed by atoms with Gasteiger partial charge in [0.2, 0.25) is 5.91 Å². The number of carbonyl (C=O) groups excluding carboxylic acids is 1. The summed E-state index contributed by atoms with van der Waals surface area (Å²) in [6, 6.07) is 0. The lowest BCUT2D eigenvalue weighted by Gasteiger charge is -2.16. The van der Waals surface area contributed by atoms with Gasteiger partial charge in [-0.15, -0.1) is 0 Å². The molecule has 1 unspecified atom stereocenters. The van der Waals surface area contributed by atoms with E-state index in [1.54, 1.807) is 0 Å². The molecular weight excluding hydrogens is 248 g/mol. The maximum Gasteiger partial charge on any atom is 0.223 e. The van der Waals surface area contributed by atoms with Crippen molar-refractivity contribution in [3.63, 3.8) is 0 Å². The van der Waals surface area contributed by atoms with Crippen molar-refractivity contribution < 1.29 is 4.79 Å². The first-order chi connectivity index (χ1) is 8.47. The van der Waals surface area contributed by atoms with E-state index in [-0.39, 0.29) is 17.8 Å². The smallest absolute Gasteiger partial charge is 0.223 e. The van der Waals surface area contributed by atoms with E-state index < -0.39 is 0 Å². The van der Waals surface area contributed by atoms with Crippen molar-refractivity contribution in [2.75, 3.05) is 18.8 Å². The van der Waals surface area contributed by atoms with Gasteiger partial charge >= 0.3 is 0 Å². The topological polar surface area (TPSA) is 91.0 Å². The number of nitrogens with two attached hydrogens (primary N) is 1. The van der Waals surface area contributed by atoms with Gasteiger partial charge in [0.05, 0.1) is 0 Å². The van der Waals surface area contributed by atoms with E-state index in [1.165, 1.54) is 0 Å². The molecular formula is C12H26N4OS. The number of hydrogen-bond donors (Lipinski definition) is 5. The van der Waals surface area contributed by atoms with Crippen LogP contribution in [0.25, 0.3) is 0 Å². The molecule has 6 heteroatoms. The molecule has 5 nitrogen and oxygen atoms in total. The van der Waals surface area contributed by atoms with Gasteiger partial charge in [0.1, 0.15) is 0 Å².